The summed E-state index contributed by atoms with van der Waals surface area (Å²) in [6, 6.07) is 4.96. The van der Waals surface area contributed by atoms with Gasteiger partial charge in [-0.2, -0.15) is 0 Å². The summed E-state index contributed by atoms with van der Waals surface area (Å²) in [5.41, 5.74) is 0.168. The summed E-state index contributed by atoms with van der Waals surface area (Å²) >= 11 is 0. The molecule has 1 fully saturated rings. The second kappa shape index (κ2) is 6.64. The molecule has 0 unspecified atom stereocenters. The summed E-state index contributed by atoms with van der Waals surface area (Å²) in [6.45, 7) is 2.22. The molecule has 110 valence electrons. The van der Waals surface area contributed by atoms with Crippen LogP contribution < -0.4 is 9.47 Å². The SMILES string of the molecule is CCC1CCC(Oc2c(OC)cccc2C(=O)O)CC1. The quantitative estimate of drug-likeness (QED) is 0.891. The third kappa shape index (κ3) is 3.24. The van der Waals surface area contributed by atoms with Gasteiger partial charge in [-0.25, -0.2) is 4.79 Å². The van der Waals surface area contributed by atoms with Crippen LogP contribution in [0.3, 0.4) is 0 Å². The number of benzene rings is 1. The lowest BCUT2D eigenvalue weighted by Gasteiger charge is -2.29. The predicted octanol–water partition coefficient (Wildman–Crippen LogP) is 3.74. The molecule has 0 bridgehead atoms. The van der Waals surface area contributed by atoms with Crippen molar-refractivity contribution in [3.8, 4) is 11.5 Å². The Kier molecular flexibility index (Phi) is 4.88. The van der Waals surface area contributed by atoms with Gasteiger partial charge in [0.25, 0.3) is 0 Å². The van der Waals surface area contributed by atoms with Crippen molar-refractivity contribution in [2.75, 3.05) is 7.11 Å². The van der Waals surface area contributed by atoms with Gasteiger partial charge in [-0.15, -0.1) is 0 Å². The van der Waals surface area contributed by atoms with Gasteiger partial charge in [0, 0.05) is 0 Å². The highest BCUT2D eigenvalue weighted by atomic mass is 16.5. The van der Waals surface area contributed by atoms with E-state index >= 15 is 0 Å². The third-order valence-electron chi connectivity index (χ3n) is 4.08. The second-order valence-corrected chi connectivity index (χ2v) is 5.31. The molecule has 0 atom stereocenters. The lowest BCUT2D eigenvalue weighted by atomic mass is 9.86. The van der Waals surface area contributed by atoms with E-state index in [2.05, 4.69) is 6.92 Å². The molecule has 0 aromatic heterocycles. The molecule has 20 heavy (non-hydrogen) atoms. The van der Waals surface area contributed by atoms with Crippen molar-refractivity contribution in [2.45, 2.75) is 45.1 Å². The average molecular weight is 278 g/mol. The van der Waals surface area contributed by atoms with E-state index in [0.717, 1.165) is 31.6 Å². The van der Waals surface area contributed by atoms with Crippen molar-refractivity contribution in [3.05, 3.63) is 23.8 Å². The number of hydrogen-bond donors (Lipinski definition) is 1. The largest absolute Gasteiger partial charge is 0.493 e. The van der Waals surface area contributed by atoms with Crippen molar-refractivity contribution < 1.29 is 19.4 Å². The Hall–Kier alpha value is -1.71. The molecule has 0 spiro atoms. The number of carboxylic acids is 1. The molecule has 1 aliphatic carbocycles. The number of hydrogen-bond acceptors (Lipinski definition) is 3. The van der Waals surface area contributed by atoms with E-state index in [1.54, 1.807) is 18.2 Å². The number of carboxylic acid groups (broad SMARTS) is 1. The number of ether oxygens (including phenoxy) is 2. The molecule has 1 aromatic carbocycles. The highest BCUT2D eigenvalue weighted by Gasteiger charge is 2.24. The van der Waals surface area contributed by atoms with Crippen molar-refractivity contribution in [2.24, 2.45) is 5.92 Å². The molecule has 1 N–H and O–H groups in total. The van der Waals surface area contributed by atoms with Crippen LogP contribution >= 0.6 is 0 Å². The van der Waals surface area contributed by atoms with Gasteiger partial charge in [-0.3, -0.25) is 0 Å². The van der Waals surface area contributed by atoms with E-state index in [4.69, 9.17) is 9.47 Å². The van der Waals surface area contributed by atoms with Gasteiger partial charge < -0.3 is 14.6 Å². The molecule has 1 saturated carbocycles. The molecule has 4 heteroatoms. The molecular weight excluding hydrogens is 256 g/mol. The fourth-order valence-corrected chi connectivity index (χ4v) is 2.79. The molecule has 4 nitrogen and oxygen atoms in total. The molecule has 1 aliphatic rings. The molecule has 0 aliphatic heterocycles. The standard InChI is InChI=1S/C16H22O4/c1-3-11-7-9-12(10-8-11)20-15-13(16(17)18)5-4-6-14(15)19-2/h4-6,11-12H,3,7-10H2,1-2H3,(H,17,18). The van der Waals surface area contributed by atoms with Crippen LogP contribution in [0.1, 0.15) is 49.4 Å². The number of rotatable bonds is 5. The van der Waals surface area contributed by atoms with Crippen LogP contribution in [-0.4, -0.2) is 24.3 Å². The molecule has 1 aromatic rings. The van der Waals surface area contributed by atoms with Crippen LogP contribution in [0.5, 0.6) is 11.5 Å². The third-order valence-corrected chi connectivity index (χ3v) is 4.08. The minimum Gasteiger partial charge on any atom is -0.493 e. The molecule has 2 rings (SSSR count). The minimum absolute atomic E-state index is 0.0900. The van der Waals surface area contributed by atoms with Crippen LogP contribution in [0.25, 0.3) is 0 Å². The van der Waals surface area contributed by atoms with E-state index in [-0.39, 0.29) is 11.7 Å². The van der Waals surface area contributed by atoms with Gasteiger partial charge in [0.15, 0.2) is 11.5 Å². The number of aromatic carboxylic acids is 1. The molecule has 0 heterocycles. The Bertz CT molecular complexity index is 462. The Morgan fingerprint density at radius 3 is 2.55 bits per heavy atom. The Balaban J connectivity index is 2.14. The highest BCUT2D eigenvalue weighted by molar-refractivity contribution is 5.92. The van der Waals surface area contributed by atoms with Gasteiger partial charge in [0.2, 0.25) is 0 Å². The summed E-state index contributed by atoms with van der Waals surface area (Å²) in [6.07, 6.45) is 5.57. The van der Waals surface area contributed by atoms with Crippen LogP contribution in [-0.2, 0) is 0 Å². The summed E-state index contributed by atoms with van der Waals surface area (Å²) in [7, 11) is 1.53. The lowest BCUT2D eigenvalue weighted by molar-refractivity contribution is 0.0681. The van der Waals surface area contributed by atoms with Crippen LogP contribution in [0, 0.1) is 5.92 Å². The van der Waals surface area contributed by atoms with Crippen LogP contribution in [0.15, 0.2) is 18.2 Å². The predicted molar refractivity (Wildman–Crippen MR) is 76.6 cm³/mol. The fraction of sp³-hybridized carbons (Fsp3) is 0.562. The lowest BCUT2D eigenvalue weighted by Crippen LogP contribution is -2.24. The highest BCUT2D eigenvalue weighted by Crippen LogP contribution is 2.35. The van der Waals surface area contributed by atoms with Gasteiger partial charge in [-0.1, -0.05) is 19.4 Å². The Labute approximate surface area is 119 Å². The van der Waals surface area contributed by atoms with Gasteiger partial charge in [0.1, 0.15) is 5.56 Å². The topological polar surface area (TPSA) is 55.8 Å². The zero-order valence-electron chi connectivity index (χ0n) is 12.1. The van der Waals surface area contributed by atoms with Crippen molar-refractivity contribution in [3.63, 3.8) is 0 Å². The second-order valence-electron chi connectivity index (χ2n) is 5.31. The monoisotopic (exact) mass is 278 g/mol. The van der Waals surface area contributed by atoms with Gasteiger partial charge >= 0.3 is 5.97 Å². The van der Waals surface area contributed by atoms with E-state index in [0.29, 0.717) is 11.5 Å². The van der Waals surface area contributed by atoms with Crippen molar-refractivity contribution >= 4 is 5.97 Å². The first kappa shape index (κ1) is 14.7. The summed E-state index contributed by atoms with van der Waals surface area (Å²) in [5.74, 6) is 0.651. The Morgan fingerprint density at radius 1 is 1.30 bits per heavy atom. The zero-order chi connectivity index (χ0) is 14.5. The normalized spacial score (nSPS) is 22.3. The van der Waals surface area contributed by atoms with Crippen molar-refractivity contribution in [1.29, 1.82) is 0 Å². The summed E-state index contributed by atoms with van der Waals surface area (Å²) in [5, 5.41) is 9.26. The van der Waals surface area contributed by atoms with E-state index < -0.39 is 5.97 Å². The number of para-hydroxylation sites is 1. The maximum Gasteiger partial charge on any atom is 0.339 e. The van der Waals surface area contributed by atoms with E-state index in [1.807, 2.05) is 0 Å². The minimum atomic E-state index is -0.985. The number of carbonyl (C=O) groups is 1. The smallest absolute Gasteiger partial charge is 0.339 e. The first-order chi connectivity index (χ1) is 9.65. The van der Waals surface area contributed by atoms with E-state index in [1.165, 1.54) is 13.5 Å². The molecule has 0 saturated heterocycles. The zero-order valence-corrected chi connectivity index (χ0v) is 12.1. The summed E-state index contributed by atoms with van der Waals surface area (Å²) < 4.78 is 11.2. The first-order valence-corrected chi connectivity index (χ1v) is 7.22. The molecule has 0 amide bonds. The van der Waals surface area contributed by atoms with Gasteiger partial charge in [-0.05, 0) is 43.7 Å². The number of methoxy groups -OCH3 is 1. The first-order valence-electron chi connectivity index (χ1n) is 7.22. The van der Waals surface area contributed by atoms with Gasteiger partial charge in [0.05, 0.1) is 13.2 Å². The molecular formula is C16H22O4. The Morgan fingerprint density at radius 2 is 2.00 bits per heavy atom. The van der Waals surface area contributed by atoms with Crippen LogP contribution in [0.4, 0.5) is 0 Å². The maximum absolute atomic E-state index is 11.3. The van der Waals surface area contributed by atoms with Crippen molar-refractivity contribution in [1.82, 2.24) is 0 Å². The maximum atomic E-state index is 11.3. The fourth-order valence-electron chi connectivity index (χ4n) is 2.79. The molecule has 0 radical (unpaired) electrons. The van der Waals surface area contributed by atoms with Crippen LogP contribution in [0.2, 0.25) is 0 Å². The van der Waals surface area contributed by atoms with E-state index in [9.17, 15) is 9.90 Å². The average Bonchev–Trinajstić information content (AvgIpc) is 2.48. The summed E-state index contributed by atoms with van der Waals surface area (Å²) in [4.78, 5) is 11.3.